The average Bonchev–Trinajstić information content (AvgIpc) is 3.37. The molecular weight excluding hydrogens is 372 g/mol. The molecule has 0 spiro atoms. The summed E-state index contributed by atoms with van der Waals surface area (Å²) in [5.41, 5.74) is 0.561. The molecule has 1 aliphatic carbocycles. The molecule has 0 bridgehead atoms. The van der Waals surface area contributed by atoms with Crippen LogP contribution in [0.25, 0.3) is 0 Å². The zero-order valence-electron chi connectivity index (χ0n) is 15.6. The van der Waals surface area contributed by atoms with Crippen LogP contribution in [-0.4, -0.2) is 63.9 Å². The standard InChI is InChI=1S/C18H24N2O6S/c1-20(12-6-7-27(23,24)10-12)18(22)14-9-13(14)17(21)19-11-4-5-15(25-2)16(8-11)26-3/h4-5,8,12-14H,6-7,9-10H2,1-3H3,(H,19,21). The van der Waals surface area contributed by atoms with Crippen LogP contribution in [0.4, 0.5) is 5.69 Å². The Morgan fingerprint density at radius 1 is 1.15 bits per heavy atom. The largest absolute Gasteiger partial charge is 0.493 e. The first kappa shape index (κ1) is 19.5. The van der Waals surface area contributed by atoms with Gasteiger partial charge in [0.2, 0.25) is 11.8 Å². The SMILES string of the molecule is COc1ccc(NC(=O)C2CC2C(=O)N(C)C2CCS(=O)(=O)C2)cc1OC. The lowest BCUT2D eigenvalue weighted by Crippen LogP contribution is -2.39. The van der Waals surface area contributed by atoms with Gasteiger partial charge in [0.25, 0.3) is 0 Å². The molecule has 1 saturated carbocycles. The van der Waals surface area contributed by atoms with E-state index >= 15 is 0 Å². The van der Waals surface area contributed by atoms with Gasteiger partial charge < -0.3 is 19.7 Å². The highest BCUT2D eigenvalue weighted by molar-refractivity contribution is 7.91. The van der Waals surface area contributed by atoms with Crippen LogP contribution in [0.2, 0.25) is 0 Å². The monoisotopic (exact) mass is 396 g/mol. The van der Waals surface area contributed by atoms with Crippen molar-refractivity contribution < 1.29 is 27.5 Å². The lowest BCUT2D eigenvalue weighted by Gasteiger charge is -2.23. The third-order valence-corrected chi connectivity index (χ3v) is 6.95. The Kier molecular flexibility index (Phi) is 5.32. The summed E-state index contributed by atoms with van der Waals surface area (Å²) < 4.78 is 33.6. The summed E-state index contributed by atoms with van der Waals surface area (Å²) in [5.74, 6) is -0.000670. The van der Waals surface area contributed by atoms with Crippen LogP contribution in [0.3, 0.4) is 0 Å². The Morgan fingerprint density at radius 3 is 2.44 bits per heavy atom. The lowest BCUT2D eigenvalue weighted by molar-refractivity contribution is -0.134. The van der Waals surface area contributed by atoms with E-state index in [2.05, 4.69) is 5.32 Å². The number of rotatable bonds is 6. The molecule has 3 atom stereocenters. The van der Waals surface area contributed by atoms with E-state index in [1.54, 1.807) is 25.2 Å². The van der Waals surface area contributed by atoms with Gasteiger partial charge in [-0.05, 0) is 25.0 Å². The Bertz CT molecular complexity index is 853. The fourth-order valence-corrected chi connectivity index (χ4v) is 5.20. The second-order valence-corrected chi connectivity index (χ2v) is 9.24. The minimum Gasteiger partial charge on any atom is -0.493 e. The van der Waals surface area contributed by atoms with Crippen LogP contribution < -0.4 is 14.8 Å². The first-order valence-electron chi connectivity index (χ1n) is 8.75. The van der Waals surface area contributed by atoms with Gasteiger partial charge in [0.1, 0.15) is 0 Å². The predicted molar refractivity (Wildman–Crippen MR) is 99.6 cm³/mol. The summed E-state index contributed by atoms with van der Waals surface area (Å²) >= 11 is 0. The van der Waals surface area contributed by atoms with Gasteiger partial charge >= 0.3 is 0 Å². The van der Waals surface area contributed by atoms with E-state index in [-0.39, 0.29) is 29.4 Å². The molecule has 0 radical (unpaired) electrons. The Hall–Kier alpha value is -2.29. The molecule has 2 fully saturated rings. The molecule has 1 aliphatic heterocycles. The number of nitrogens with one attached hydrogen (secondary N) is 1. The number of sulfone groups is 1. The molecule has 3 unspecified atom stereocenters. The second kappa shape index (κ2) is 7.38. The zero-order chi connectivity index (χ0) is 19.8. The maximum atomic E-state index is 12.6. The molecule has 8 nitrogen and oxygen atoms in total. The minimum atomic E-state index is -3.06. The molecule has 1 heterocycles. The van der Waals surface area contributed by atoms with Crippen molar-refractivity contribution >= 4 is 27.3 Å². The highest BCUT2D eigenvalue weighted by Gasteiger charge is 2.50. The van der Waals surface area contributed by atoms with E-state index in [4.69, 9.17) is 9.47 Å². The fraction of sp³-hybridized carbons (Fsp3) is 0.556. The van der Waals surface area contributed by atoms with Crippen molar-refractivity contribution in [1.82, 2.24) is 4.90 Å². The van der Waals surface area contributed by atoms with Crippen molar-refractivity contribution in [2.75, 3.05) is 38.1 Å². The lowest BCUT2D eigenvalue weighted by atomic mass is 10.2. The van der Waals surface area contributed by atoms with Crippen molar-refractivity contribution in [2.24, 2.45) is 11.8 Å². The summed E-state index contributed by atoms with van der Waals surface area (Å²) in [6.07, 6.45) is 0.932. The molecule has 1 aromatic rings. The number of methoxy groups -OCH3 is 2. The number of ether oxygens (including phenoxy) is 2. The van der Waals surface area contributed by atoms with Crippen molar-refractivity contribution in [3.63, 3.8) is 0 Å². The van der Waals surface area contributed by atoms with Crippen LogP contribution in [-0.2, 0) is 19.4 Å². The van der Waals surface area contributed by atoms with E-state index in [1.165, 1.54) is 19.1 Å². The summed E-state index contributed by atoms with van der Waals surface area (Å²) in [6.45, 7) is 0. The molecule has 2 aliphatic rings. The van der Waals surface area contributed by atoms with E-state index < -0.39 is 21.7 Å². The minimum absolute atomic E-state index is 0.00443. The molecular formula is C18H24N2O6S. The number of benzene rings is 1. The number of carbonyl (C=O) groups excluding carboxylic acids is 2. The smallest absolute Gasteiger partial charge is 0.228 e. The normalized spacial score (nSPS) is 25.5. The average molecular weight is 396 g/mol. The molecule has 0 aromatic heterocycles. The van der Waals surface area contributed by atoms with Crippen LogP contribution >= 0.6 is 0 Å². The molecule has 3 rings (SSSR count). The third kappa shape index (κ3) is 4.18. The Balaban J connectivity index is 1.58. The summed E-state index contributed by atoms with van der Waals surface area (Å²) in [5, 5.41) is 2.80. The van der Waals surface area contributed by atoms with E-state index in [0.717, 1.165) is 0 Å². The first-order chi connectivity index (χ1) is 12.8. The maximum Gasteiger partial charge on any atom is 0.228 e. The number of amides is 2. The maximum absolute atomic E-state index is 12.6. The molecule has 1 N–H and O–H groups in total. The highest BCUT2D eigenvalue weighted by Crippen LogP contribution is 2.41. The molecule has 27 heavy (non-hydrogen) atoms. The molecule has 9 heteroatoms. The fourth-order valence-electron chi connectivity index (χ4n) is 3.43. The predicted octanol–water partition coefficient (Wildman–Crippen LogP) is 0.924. The van der Waals surface area contributed by atoms with E-state index in [1.807, 2.05) is 0 Å². The zero-order valence-corrected chi connectivity index (χ0v) is 16.4. The summed E-state index contributed by atoms with van der Waals surface area (Å²) in [4.78, 5) is 26.5. The van der Waals surface area contributed by atoms with Crippen LogP contribution in [0.1, 0.15) is 12.8 Å². The van der Waals surface area contributed by atoms with Gasteiger partial charge in [-0.2, -0.15) is 0 Å². The van der Waals surface area contributed by atoms with E-state index in [0.29, 0.717) is 30.0 Å². The van der Waals surface area contributed by atoms with Crippen LogP contribution in [0, 0.1) is 11.8 Å². The number of hydrogen-bond acceptors (Lipinski definition) is 6. The summed E-state index contributed by atoms with van der Waals surface area (Å²) in [7, 11) is 1.61. The van der Waals surface area contributed by atoms with Crippen LogP contribution in [0.15, 0.2) is 18.2 Å². The highest BCUT2D eigenvalue weighted by atomic mass is 32.2. The van der Waals surface area contributed by atoms with Crippen LogP contribution in [0.5, 0.6) is 11.5 Å². The number of carbonyl (C=O) groups is 2. The van der Waals surface area contributed by atoms with Crippen molar-refractivity contribution in [1.29, 1.82) is 0 Å². The van der Waals surface area contributed by atoms with Gasteiger partial charge in [-0.25, -0.2) is 8.42 Å². The second-order valence-electron chi connectivity index (χ2n) is 7.01. The van der Waals surface area contributed by atoms with Gasteiger partial charge in [-0.15, -0.1) is 0 Å². The van der Waals surface area contributed by atoms with Gasteiger partial charge in [0.05, 0.1) is 37.6 Å². The molecule has 1 saturated heterocycles. The number of anilines is 1. The van der Waals surface area contributed by atoms with Gasteiger partial charge in [-0.3, -0.25) is 9.59 Å². The number of nitrogens with zero attached hydrogens (tertiary/aromatic N) is 1. The van der Waals surface area contributed by atoms with Crippen molar-refractivity contribution in [3.8, 4) is 11.5 Å². The molecule has 148 valence electrons. The Morgan fingerprint density at radius 2 is 1.85 bits per heavy atom. The van der Waals surface area contributed by atoms with E-state index in [9.17, 15) is 18.0 Å². The van der Waals surface area contributed by atoms with Crippen molar-refractivity contribution in [3.05, 3.63) is 18.2 Å². The molecule has 2 amide bonds. The van der Waals surface area contributed by atoms with Crippen molar-refractivity contribution in [2.45, 2.75) is 18.9 Å². The van der Waals surface area contributed by atoms with Gasteiger partial charge in [-0.1, -0.05) is 0 Å². The topological polar surface area (TPSA) is 102 Å². The first-order valence-corrected chi connectivity index (χ1v) is 10.6. The number of hydrogen-bond donors (Lipinski definition) is 1. The third-order valence-electron chi connectivity index (χ3n) is 5.20. The van der Waals surface area contributed by atoms with Gasteiger partial charge in [0.15, 0.2) is 21.3 Å². The quantitative estimate of drug-likeness (QED) is 0.767. The van der Waals surface area contributed by atoms with Gasteiger partial charge in [0, 0.05) is 24.8 Å². The summed E-state index contributed by atoms with van der Waals surface area (Å²) in [6, 6.07) is 4.76. The molecule has 1 aromatic carbocycles. The Labute approximate surface area is 158 Å².